The van der Waals surface area contributed by atoms with E-state index in [4.69, 9.17) is 5.73 Å². The van der Waals surface area contributed by atoms with Crippen molar-refractivity contribution in [2.24, 2.45) is 11.7 Å². The van der Waals surface area contributed by atoms with Crippen LogP contribution in [-0.4, -0.2) is 5.91 Å². The van der Waals surface area contributed by atoms with Gasteiger partial charge >= 0.3 is 0 Å². The first kappa shape index (κ1) is 11.5. The number of rotatable bonds is 5. The zero-order valence-corrected chi connectivity index (χ0v) is 9.07. The molecular weight excluding hydrogens is 186 g/mol. The van der Waals surface area contributed by atoms with Gasteiger partial charge in [-0.3, -0.25) is 4.79 Å². The first-order valence-electron chi connectivity index (χ1n) is 5.09. The van der Waals surface area contributed by atoms with E-state index in [1.165, 1.54) is 5.56 Å². The zero-order valence-electron chi connectivity index (χ0n) is 9.07. The van der Waals surface area contributed by atoms with E-state index < -0.39 is 0 Å². The Kier molecular flexibility index (Phi) is 4.10. The number of primary amides is 1. The lowest BCUT2D eigenvalue weighted by atomic mass is 9.95. The summed E-state index contributed by atoms with van der Waals surface area (Å²) in [5.41, 5.74) is 7.68. The second-order valence-electron chi connectivity index (χ2n) is 3.81. The van der Waals surface area contributed by atoms with Crippen molar-refractivity contribution in [3.8, 4) is 0 Å². The summed E-state index contributed by atoms with van der Waals surface area (Å²) in [5, 5.41) is 0. The van der Waals surface area contributed by atoms with Crippen LogP contribution in [0.5, 0.6) is 0 Å². The quantitative estimate of drug-likeness (QED) is 0.732. The van der Waals surface area contributed by atoms with Gasteiger partial charge in [0.25, 0.3) is 0 Å². The molecule has 1 aromatic carbocycles. The second kappa shape index (κ2) is 5.35. The van der Waals surface area contributed by atoms with Crippen LogP contribution in [0.1, 0.15) is 17.5 Å². The van der Waals surface area contributed by atoms with Gasteiger partial charge in [0.2, 0.25) is 5.91 Å². The smallest absolute Gasteiger partial charge is 0.221 e. The van der Waals surface area contributed by atoms with E-state index in [9.17, 15) is 4.79 Å². The predicted octanol–water partition coefficient (Wildman–Crippen LogP) is 2.22. The summed E-state index contributed by atoms with van der Waals surface area (Å²) in [5.74, 6) is -0.388. The number of carbonyl (C=O) groups excluding carboxylic acids is 1. The summed E-state index contributed by atoms with van der Waals surface area (Å²) in [7, 11) is 0. The van der Waals surface area contributed by atoms with Crippen LogP contribution in [0.15, 0.2) is 36.9 Å². The van der Waals surface area contributed by atoms with Crippen LogP contribution >= 0.6 is 0 Å². The van der Waals surface area contributed by atoms with Gasteiger partial charge in [-0.2, -0.15) is 0 Å². The van der Waals surface area contributed by atoms with Crippen LogP contribution in [0, 0.1) is 12.8 Å². The minimum Gasteiger partial charge on any atom is -0.369 e. The van der Waals surface area contributed by atoms with Gasteiger partial charge in [-0.1, -0.05) is 35.9 Å². The molecule has 80 valence electrons. The number of allylic oxidation sites excluding steroid dienone is 1. The molecule has 0 aliphatic carbocycles. The highest BCUT2D eigenvalue weighted by Crippen LogP contribution is 2.13. The van der Waals surface area contributed by atoms with Crippen molar-refractivity contribution in [3.63, 3.8) is 0 Å². The Bertz CT molecular complexity index is 340. The topological polar surface area (TPSA) is 43.1 Å². The van der Waals surface area contributed by atoms with Crippen molar-refractivity contribution in [1.29, 1.82) is 0 Å². The Morgan fingerprint density at radius 2 is 2.07 bits per heavy atom. The third-order valence-electron chi connectivity index (χ3n) is 2.46. The normalized spacial score (nSPS) is 12.1. The lowest BCUT2D eigenvalue weighted by molar-refractivity contribution is -0.121. The van der Waals surface area contributed by atoms with Gasteiger partial charge in [-0.15, -0.1) is 6.58 Å². The molecule has 0 unspecified atom stereocenters. The van der Waals surface area contributed by atoms with E-state index in [1.807, 2.05) is 31.2 Å². The standard InChI is InChI=1S/C13H17NO/c1-3-4-12(13(14)15)9-11-7-5-10(2)6-8-11/h3,5-8,12H,1,4,9H2,2H3,(H2,14,15)/t12-/m1/s1. The Morgan fingerprint density at radius 3 is 2.53 bits per heavy atom. The molecule has 2 heteroatoms. The average Bonchev–Trinajstić information content (AvgIpc) is 2.20. The van der Waals surface area contributed by atoms with Crippen LogP contribution in [-0.2, 0) is 11.2 Å². The summed E-state index contributed by atoms with van der Waals surface area (Å²) < 4.78 is 0. The molecule has 2 nitrogen and oxygen atoms in total. The van der Waals surface area contributed by atoms with Crippen LogP contribution < -0.4 is 5.73 Å². The van der Waals surface area contributed by atoms with Crippen molar-refractivity contribution < 1.29 is 4.79 Å². The number of hydrogen-bond acceptors (Lipinski definition) is 1. The summed E-state index contributed by atoms with van der Waals surface area (Å²) in [6.07, 6.45) is 3.08. The van der Waals surface area contributed by atoms with Crippen LogP contribution in [0.4, 0.5) is 0 Å². The van der Waals surface area contributed by atoms with Crippen molar-refractivity contribution in [1.82, 2.24) is 0 Å². The summed E-state index contributed by atoms with van der Waals surface area (Å²) >= 11 is 0. The molecule has 1 aromatic rings. The number of hydrogen-bond donors (Lipinski definition) is 1. The van der Waals surface area contributed by atoms with Gasteiger partial charge in [-0.05, 0) is 25.3 Å². The molecule has 0 aromatic heterocycles. The number of nitrogens with two attached hydrogens (primary N) is 1. The molecule has 0 aliphatic heterocycles. The zero-order chi connectivity index (χ0) is 11.3. The fraction of sp³-hybridized carbons (Fsp3) is 0.308. The Hall–Kier alpha value is -1.57. The molecule has 1 atom stereocenters. The Labute approximate surface area is 90.8 Å². The molecule has 0 saturated heterocycles. The van der Waals surface area contributed by atoms with Crippen LogP contribution in [0.2, 0.25) is 0 Å². The highest BCUT2D eigenvalue weighted by molar-refractivity contribution is 5.77. The molecular formula is C13H17NO. The van der Waals surface area contributed by atoms with Crippen molar-refractivity contribution in [2.45, 2.75) is 19.8 Å². The van der Waals surface area contributed by atoms with Crippen molar-refractivity contribution >= 4 is 5.91 Å². The van der Waals surface area contributed by atoms with Gasteiger partial charge in [-0.25, -0.2) is 0 Å². The first-order chi connectivity index (χ1) is 7.13. The van der Waals surface area contributed by atoms with Gasteiger partial charge < -0.3 is 5.73 Å². The maximum absolute atomic E-state index is 11.1. The van der Waals surface area contributed by atoms with E-state index >= 15 is 0 Å². The summed E-state index contributed by atoms with van der Waals surface area (Å²) in [4.78, 5) is 11.1. The Balaban J connectivity index is 2.69. The minimum atomic E-state index is -0.254. The van der Waals surface area contributed by atoms with E-state index in [2.05, 4.69) is 6.58 Å². The maximum Gasteiger partial charge on any atom is 0.221 e. The van der Waals surface area contributed by atoms with Crippen LogP contribution in [0.3, 0.4) is 0 Å². The lowest BCUT2D eigenvalue weighted by Crippen LogP contribution is -2.24. The number of aryl methyl sites for hydroxylation is 1. The fourth-order valence-electron chi connectivity index (χ4n) is 1.51. The average molecular weight is 203 g/mol. The molecule has 0 radical (unpaired) electrons. The molecule has 0 heterocycles. The lowest BCUT2D eigenvalue weighted by Gasteiger charge is -2.10. The molecule has 15 heavy (non-hydrogen) atoms. The number of carbonyl (C=O) groups is 1. The number of amides is 1. The van der Waals surface area contributed by atoms with E-state index in [0.29, 0.717) is 12.8 Å². The molecule has 0 aliphatic rings. The highest BCUT2D eigenvalue weighted by atomic mass is 16.1. The van der Waals surface area contributed by atoms with Crippen molar-refractivity contribution in [3.05, 3.63) is 48.0 Å². The third-order valence-corrected chi connectivity index (χ3v) is 2.46. The molecule has 0 fully saturated rings. The maximum atomic E-state index is 11.1. The molecule has 0 spiro atoms. The monoisotopic (exact) mass is 203 g/mol. The van der Waals surface area contributed by atoms with Gasteiger partial charge in [0, 0.05) is 5.92 Å². The van der Waals surface area contributed by atoms with Gasteiger partial charge in [0.05, 0.1) is 0 Å². The minimum absolute atomic E-state index is 0.134. The van der Waals surface area contributed by atoms with Crippen molar-refractivity contribution in [2.75, 3.05) is 0 Å². The Morgan fingerprint density at radius 1 is 1.47 bits per heavy atom. The SMILES string of the molecule is C=CC[C@H](Cc1ccc(C)cc1)C(N)=O. The highest BCUT2D eigenvalue weighted by Gasteiger charge is 2.13. The fourth-order valence-corrected chi connectivity index (χ4v) is 1.51. The summed E-state index contributed by atoms with van der Waals surface area (Å²) in [6, 6.07) is 8.16. The first-order valence-corrected chi connectivity index (χ1v) is 5.09. The molecule has 0 bridgehead atoms. The second-order valence-corrected chi connectivity index (χ2v) is 3.81. The molecule has 1 rings (SSSR count). The summed E-state index contributed by atoms with van der Waals surface area (Å²) in [6.45, 7) is 5.67. The molecule has 0 saturated carbocycles. The third kappa shape index (κ3) is 3.58. The molecule has 2 N–H and O–H groups in total. The largest absolute Gasteiger partial charge is 0.369 e. The van der Waals surface area contributed by atoms with Gasteiger partial charge in [0.15, 0.2) is 0 Å². The van der Waals surface area contributed by atoms with Crippen LogP contribution in [0.25, 0.3) is 0 Å². The van der Waals surface area contributed by atoms with Gasteiger partial charge in [0.1, 0.15) is 0 Å². The van der Waals surface area contributed by atoms with E-state index in [0.717, 1.165) is 5.56 Å². The number of benzene rings is 1. The van der Waals surface area contributed by atoms with E-state index in [-0.39, 0.29) is 11.8 Å². The molecule has 1 amide bonds. The predicted molar refractivity (Wildman–Crippen MR) is 62.4 cm³/mol. The van der Waals surface area contributed by atoms with E-state index in [1.54, 1.807) is 6.08 Å².